The van der Waals surface area contributed by atoms with Crippen molar-refractivity contribution in [3.8, 4) is 0 Å². The minimum atomic E-state index is -3.03. The standard InChI is InChI=1S/C11H17O3P/c12-8-4-9-15(13,14)10-7-11-5-2-1-3-6-11/h1-3,5-6,12H,4,7-10H2,(H,13,14). The average Bonchev–Trinajstić information content (AvgIpc) is 2.25. The normalized spacial score (nSPS) is 14.8. The second-order valence-corrected chi connectivity index (χ2v) is 6.19. The highest BCUT2D eigenvalue weighted by molar-refractivity contribution is 7.57. The number of hydrogen-bond donors (Lipinski definition) is 2. The van der Waals surface area contributed by atoms with Gasteiger partial charge in [-0.2, -0.15) is 0 Å². The van der Waals surface area contributed by atoms with E-state index >= 15 is 0 Å². The first-order chi connectivity index (χ1) is 7.14. The molecule has 84 valence electrons. The Kier molecular flexibility index (Phi) is 5.03. The van der Waals surface area contributed by atoms with Crippen LogP contribution in [0.5, 0.6) is 0 Å². The second-order valence-electron chi connectivity index (χ2n) is 3.61. The summed E-state index contributed by atoms with van der Waals surface area (Å²) in [6.07, 6.45) is 1.55. The summed E-state index contributed by atoms with van der Waals surface area (Å²) in [5, 5.41) is 8.58. The Morgan fingerprint density at radius 1 is 1.13 bits per heavy atom. The van der Waals surface area contributed by atoms with Crippen LogP contribution < -0.4 is 0 Å². The van der Waals surface area contributed by atoms with Gasteiger partial charge in [0.05, 0.1) is 0 Å². The molecular weight excluding hydrogens is 211 g/mol. The first-order valence-electron chi connectivity index (χ1n) is 5.10. The lowest BCUT2D eigenvalue weighted by atomic mass is 10.2. The molecule has 0 aromatic heterocycles. The zero-order valence-corrected chi connectivity index (χ0v) is 9.57. The topological polar surface area (TPSA) is 57.5 Å². The minimum Gasteiger partial charge on any atom is -0.396 e. The highest BCUT2D eigenvalue weighted by atomic mass is 31.2. The van der Waals surface area contributed by atoms with Gasteiger partial charge in [-0.3, -0.25) is 4.57 Å². The molecule has 4 heteroatoms. The van der Waals surface area contributed by atoms with Crippen LogP contribution in [-0.2, 0) is 11.0 Å². The van der Waals surface area contributed by atoms with Crippen LogP contribution in [0.3, 0.4) is 0 Å². The van der Waals surface area contributed by atoms with Crippen LogP contribution >= 0.6 is 7.37 Å². The molecule has 0 heterocycles. The molecule has 0 amide bonds. The Morgan fingerprint density at radius 2 is 1.80 bits per heavy atom. The lowest BCUT2D eigenvalue weighted by molar-refractivity contribution is 0.293. The van der Waals surface area contributed by atoms with Gasteiger partial charge in [0, 0.05) is 18.9 Å². The van der Waals surface area contributed by atoms with E-state index in [0.717, 1.165) is 5.56 Å². The molecule has 0 spiro atoms. The monoisotopic (exact) mass is 228 g/mol. The maximum absolute atomic E-state index is 11.6. The lowest BCUT2D eigenvalue weighted by Crippen LogP contribution is -2.00. The molecule has 0 saturated carbocycles. The van der Waals surface area contributed by atoms with Crippen molar-refractivity contribution in [3.05, 3.63) is 35.9 Å². The van der Waals surface area contributed by atoms with Crippen LogP contribution in [0.1, 0.15) is 12.0 Å². The zero-order chi connectivity index (χ0) is 11.1. The Bertz CT molecular complexity index is 324. The van der Waals surface area contributed by atoms with Gasteiger partial charge in [-0.1, -0.05) is 30.3 Å². The van der Waals surface area contributed by atoms with E-state index in [1.165, 1.54) is 0 Å². The van der Waals surface area contributed by atoms with E-state index in [0.29, 0.717) is 19.0 Å². The SMILES string of the molecule is O=P(O)(CCCO)CCc1ccccc1. The van der Waals surface area contributed by atoms with Gasteiger partial charge in [-0.25, -0.2) is 0 Å². The van der Waals surface area contributed by atoms with Crippen LogP contribution in [0, 0.1) is 0 Å². The summed E-state index contributed by atoms with van der Waals surface area (Å²) in [6.45, 7) is -0.0180. The molecule has 1 atom stereocenters. The van der Waals surface area contributed by atoms with E-state index in [1.807, 2.05) is 30.3 Å². The van der Waals surface area contributed by atoms with Crippen LogP contribution in [0.4, 0.5) is 0 Å². The molecule has 0 fully saturated rings. The number of hydrogen-bond acceptors (Lipinski definition) is 2. The first kappa shape index (κ1) is 12.4. The van der Waals surface area contributed by atoms with Gasteiger partial charge in [0.15, 0.2) is 0 Å². The number of aliphatic hydroxyl groups excluding tert-OH is 1. The van der Waals surface area contributed by atoms with Crippen LogP contribution in [-0.4, -0.2) is 28.9 Å². The highest BCUT2D eigenvalue weighted by Gasteiger charge is 2.16. The fourth-order valence-electron chi connectivity index (χ4n) is 1.38. The molecule has 1 aromatic carbocycles. The van der Waals surface area contributed by atoms with Crippen molar-refractivity contribution in [1.29, 1.82) is 0 Å². The second kappa shape index (κ2) is 6.06. The van der Waals surface area contributed by atoms with Gasteiger partial charge in [0.1, 0.15) is 0 Å². The van der Waals surface area contributed by atoms with Crippen molar-refractivity contribution in [2.45, 2.75) is 12.8 Å². The number of aryl methyl sites for hydroxylation is 1. The lowest BCUT2D eigenvalue weighted by Gasteiger charge is -2.10. The van der Waals surface area contributed by atoms with Gasteiger partial charge in [0.2, 0.25) is 7.37 Å². The van der Waals surface area contributed by atoms with E-state index < -0.39 is 7.37 Å². The Hall–Kier alpha value is -0.630. The third kappa shape index (κ3) is 5.12. The molecule has 0 saturated heterocycles. The van der Waals surface area contributed by atoms with Crippen molar-refractivity contribution >= 4 is 7.37 Å². The Morgan fingerprint density at radius 3 is 2.40 bits per heavy atom. The van der Waals surface area contributed by atoms with E-state index in [2.05, 4.69) is 0 Å². The first-order valence-corrected chi connectivity index (χ1v) is 7.13. The maximum Gasteiger partial charge on any atom is 0.201 e. The van der Waals surface area contributed by atoms with Gasteiger partial charge in [0.25, 0.3) is 0 Å². The smallest absolute Gasteiger partial charge is 0.201 e. The molecule has 2 N–H and O–H groups in total. The fourth-order valence-corrected chi connectivity index (χ4v) is 2.84. The van der Waals surface area contributed by atoms with Crippen LogP contribution in [0.25, 0.3) is 0 Å². The summed E-state index contributed by atoms with van der Waals surface area (Å²) in [5.74, 6) is 0. The average molecular weight is 228 g/mol. The maximum atomic E-state index is 11.6. The zero-order valence-electron chi connectivity index (χ0n) is 8.67. The third-order valence-corrected chi connectivity index (χ3v) is 4.20. The highest BCUT2D eigenvalue weighted by Crippen LogP contribution is 2.41. The van der Waals surface area contributed by atoms with Crippen molar-refractivity contribution in [2.75, 3.05) is 18.9 Å². The number of aliphatic hydroxyl groups is 1. The summed E-state index contributed by atoms with van der Waals surface area (Å²) in [5.41, 5.74) is 1.08. The molecule has 0 aliphatic rings. The molecule has 1 rings (SSSR count). The summed E-state index contributed by atoms with van der Waals surface area (Å²) >= 11 is 0. The number of benzene rings is 1. The van der Waals surface area contributed by atoms with Crippen LogP contribution in [0.2, 0.25) is 0 Å². The van der Waals surface area contributed by atoms with Crippen LogP contribution in [0.15, 0.2) is 30.3 Å². The predicted octanol–water partition coefficient (Wildman–Crippen LogP) is 1.88. The third-order valence-electron chi connectivity index (χ3n) is 2.26. The molecule has 0 aliphatic heterocycles. The predicted molar refractivity (Wildman–Crippen MR) is 61.4 cm³/mol. The molecule has 3 nitrogen and oxygen atoms in total. The molecular formula is C11H17O3P. The van der Waals surface area contributed by atoms with Crippen molar-refractivity contribution in [1.82, 2.24) is 0 Å². The van der Waals surface area contributed by atoms with Crippen molar-refractivity contribution in [3.63, 3.8) is 0 Å². The summed E-state index contributed by atoms with van der Waals surface area (Å²) < 4.78 is 11.6. The van der Waals surface area contributed by atoms with Crippen molar-refractivity contribution < 1.29 is 14.6 Å². The minimum absolute atomic E-state index is 0.0180. The Labute approximate surface area is 90.2 Å². The molecule has 0 radical (unpaired) electrons. The van der Waals surface area contributed by atoms with E-state index in [4.69, 9.17) is 5.11 Å². The van der Waals surface area contributed by atoms with E-state index in [1.54, 1.807) is 0 Å². The summed E-state index contributed by atoms with van der Waals surface area (Å²) in [6, 6.07) is 9.67. The van der Waals surface area contributed by atoms with Gasteiger partial charge in [-0.15, -0.1) is 0 Å². The molecule has 1 unspecified atom stereocenters. The largest absolute Gasteiger partial charge is 0.396 e. The van der Waals surface area contributed by atoms with Gasteiger partial charge < -0.3 is 10.00 Å². The van der Waals surface area contributed by atoms with Gasteiger partial charge >= 0.3 is 0 Å². The molecule has 0 aliphatic carbocycles. The molecule has 15 heavy (non-hydrogen) atoms. The summed E-state index contributed by atoms with van der Waals surface area (Å²) in [7, 11) is -3.03. The van der Waals surface area contributed by atoms with E-state index in [9.17, 15) is 9.46 Å². The van der Waals surface area contributed by atoms with Crippen molar-refractivity contribution in [2.24, 2.45) is 0 Å². The Balaban J connectivity index is 2.39. The molecule has 1 aromatic rings. The number of rotatable bonds is 6. The van der Waals surface area contributed by atoms with Gasteiger partial charge in [-0.05, 0) is 18.4 Å². The fraction of sp³-hybridized carbons (Fsp3) is 0.455. The molecule has 0 bridgehead atoms. The quantitative estimate of drug-likeness (QED) is 0.731. The summed E-state index contributed by atoms with van der Waals surface area (Å²) in [4.78, 5) is 9.55. The van der Waals surface area contributed by atoms with E-state index in [-0.39, 0.29) is 12.8 Å².